The van der Waals surface area contributed by atoms with E-state index in [9.17, 15) is 0 Å². The van der Waals surface area contributed by atoms with Crippen molar-refractivity contribution in [1.82, 2.24) is 10.2 Å². The Morgan fingerprint density at radius 3 is 2.60 bits per heavy atom. The Morgan fingerprint density at radius 2 is 2.20 bits per heavy atom. The van der Waals surface area contributed by atoms with Gasteiger partial charge in [0, 0.05) is 13.1 Å². The van der Waals surface area contributed by atoms with Crippen molar-refractivity contribution in [3.8, 4) is 0 Å². The van der Waals surface area contributed by atoms with Crippen LogP contribution >= 0.6 is 0 Å². The lowest BCUT2D eigenvalue weighted by Gasteiger charge is -2.40. The van der Waals surface area contributed by atoms with Crippen molar-refractivity contribution in [1.29, 1.82) is 0 Å². The Hall–Kier alpha value is -0.0800. The fourth-order valence-electron chi connectivity index (χ4n) is 1.60. The summed E-state index contributed by atoms with van der Waals surface area (Å²) in [5, 5.41) is 3.21. The van der Waals surface area contributed by atoms with E-state index in [2.05, 4.69) is 24.2 Å². The number of rotatable bonds is 3. The first-order chi connectivity index (χ1) is 4.74. The second kappa shape index (κ2) is 3.35. The summed E-state index contributed by atoms with van der Waals surface area (Å²) in [6, 6.07) is 0. The molecule has 60 valence electrons. The summed E-state index contributed by atoms with van der Waals surface area (Å²) in [7, 11) is 4.21. The number of nitrogens with one attached hydrogen (secondary N) is 1. The van der Waals surface area contributed by atoms with Gasteiger partial charge in [-0.3, -0.25) is 0 Å². The molecule has 1 rings (SSSR count). The van der Waals surface area contributed by atoms with Gasteiger partial charge in [0.25, 0.3) is 0 Å². The van der Waals surface area contributed by atoms with Gasteiger partial charge >= 0.3 is 0 Å². The summed E-state index contributed by atoms with van der Waals surface area (Å²) in [4.78, 5) is 2.37. The SMILES string of the molecule is CNCC(C)C1CN(C)C1. The van der Waals surface area contributed by atoms with Crippen LogP contribution in [0.3, 0.4) is 0 Å². The molecule has 0 aromatic rings. The zero-order valence-electron chi connectivity index (χ0n) is 7.22. The Kier molecular flexibility index (Phi) is 2.69. The lowest BCUT2D eigenvalue weighted by Crippen LogP contribution is -2.48. The molecule has 1 fully saturated rings. The van der Waals surface area contributed by atoms with E-state index >= 15 is 0 Å². The molecule has 1 unspecified atom stereocenters. The lowest BCUT2D eigenvalue weighted by molar-refractivity contribution is 0.0902. The van der Waals surface area contributed by atoms with Gasteiger partial charge in [-0.25, -0.2) is 0 Å². The van der Waals surface area contributed by atoms with Gasteiger partial charge in [-0.1, -0.05) is 6.92 Å². The quantitative estimate of drug-likeness (QED) is 0.614. The average Bonchev–Trinajstić information content (AvgIpc) is 1.82. The minimum absolute atomic E-state index is 0.848. The van der Waals surface area contributed by atoms with Gasteiger partial charge in [0.15, 0.2) is 0 Å². The largest absolute Gasteiger partial charge is 0.319 e. The van der Waals surface area contributed by atoms with Gasteiger partial charge in [-0.05, 0) is 32.5 Å². The second-order valence-electron chi connectivity index (χ2n) is 3.52. The summed E-state index contributed by atoms with van der Waals surface area (Å²) in [5.41, 5.74) is 0. The van der Waals surface area contributed by atoms with E-state index in [1.807, 2.05) is 7.05 Å². The first-order valence-electron chi connectivity index (χ1n) is 4.07. The van der Waals surface area contributed by atoms with Crippen molar-refractivity contribution in [3.05, 3.63) is 0 Å². The molecule has 1 aliphatic rings. The predicted octanol–water partition coefficient (Wildman–Crippen LogP) is 0.403. The fourth-order valence-corrected chi connectivity index (χ4v) is 1.60. The van der Waals surface area contributed by atoms with E-state index in [1.165, 1.54) is 19.6 Å². The van der Waals surface area contributed by atoms with Crippen LogP contribution in [0.25, 0.3) is 0 Å². The van der Waals surface area contributed by atoms with Crippen LogP contribution < -0.4 is 5.32 Å². The molecule has 0 aliphatic carbocycles. The van der Waals surface area contributed by atoms with Gasteiger partial charge in [0.1, 0.15) is 0 Å². The first-order valence-corrected chi connectivity index (χ1v) is 4.07. The van der Waals surface area contributed by atoms with Crippen molar-refractivity contribution >= 4 is 0 Å². The average molecular weight is 142 g/mol. The molecule has 0 saturated carbocycles. The van der Waals surface area contributed by atoms with Crippen molar-refractivity contribution in [2.24, 2.45) is 11.8 Å². The minimum atomic E-state index is 0.848. The van der Waals surface area contributed by atoms with Crippen LogP contribution in [0.1, 0.15) is 6.92 Å². The summed E-state index contributed by atoms with van der Waals surface area (Å²) >= 11 is 0. The maximum atomic E-state index is 3.21. The van der Waals surface area contributed by atoms with Gasteiger partial charge < -0.3 is 10.2 Å². The van der Waals surface area contributed by atoms with E-state index in [-0.39, 0.29) is 0 Å². The number of hydrogen-bond acceptors (Lipinski definition) is 2. The summed E-state index contributed by atoms with van der Waals surface area (Å²) in [5.74, 6) is 1.79. The summed E-state index contributed by atoms with van der Waals surface area (Å²) in [6.45, 7) is 6.08. The van der Waals surface area contributed by atoms with Crippen LogP contribution in [0.5, 0.6) is 0 Å². The van der Waals surface area contributed by atoms with Crippen LogP contribution in [-0.2, 0) is 0 Å². The predicted molar refractivity (Wildman–Crippen MR) is 44.1 cm³/mol. The highest BCUT2D eigenvalue weighted by atomic mass is 15.2. The minimum Gasteiger partial charge on any atom is -0.319 e. The van der Waals surface area contributed by atoms with Crippen molar-refractivity contribution in [2.75, 3.05) is 33.7 Å². The Morgan fingerprint density at radius 1 is 1.60 bits per heavy atom. The molecule has 0 bridgehead atoms. The smallest absolute Gasteiger partial charge is 0.00220 e. The normalized spacial score (nSPS) is 24.3. The molecule has 1 N–H and O–H groups in total. The molecule has 0 aromatic carbocycles. The Labute approximate surface area is 63.6 Å². The van der Waals surface area contributed by atoms with Crippen molar-refractivity contribution < 1.29 is 0 Å². The van der Waals surface area contributed by atoms with Gasteiger partial charge in [0.2, 0.25) is 0 Å². The Bertz CT molecular complexity index is 94.7. The van der Waals surface area contributed by atoms with Crippen molar-refractivity contribution in [2.45, 2.75) is 6.92 Å². The van der Waals surface area contributed by atoms with E-state index in [0.717, 1.165) is 11.8 Å². The third kappa shape index (κ3) is 1.70. The van der Waals surface area contributed by atoms with E-state index in [4.69, 9.17) is 0 Å². The molecule has 0 amide bonds. The van der Waals surface area contributed by atoms with Crippen molar-refractivity contribution in [3.63, 3.8) is 0 Å². The molecule has 1 atom stereocenters. The second-order valence-corrected chi connectivity index (χ2v) is 3.52. The van der Waals surface area contributed by atoms with Gasteiger partial charge in [-0.2, -0.15) is 0 Å². The highest BCUT2D eigenvalue weighted by Gasteiger charge is 2.27. The Balaban J connectivity index is 2.11. The van der Waals surface area contributed by atoms with Crippen LogP contribution in [0.15, 0.2) is 0 Å². The zero-order chi connectivity index (χ0) is 7.56. The number of likely N-dealkylation sites (tertiary alicyclic amines) is 1. The molecule has 2 heteroatoms. The maximum absolute atomic E-state index is 3.21. The third-order valence-corrected chi connectivity index (χ3v) is 2.42. The third-order valence-electron chi connectivity index (χ3n) is 2.42. The molecule has 2 nitrogen and oxygen atoms in total. The number of nitrogens with zero attached hydrogens (tertiary/aromatic N) is 1. The molecule has 10 heavy (non-hydrogen) atoms. The summed E-state index contributed by atoms with van der Waals surface area (Å²) < 4.78 is 0. The molecule has 1 heterocycles. The van der Waals surface area contributed by atoms with E-state index < -0.39 is 0 Å². The van der Waals surface area contributed by atoms with E-state index in [0.29, 0.717) is 0 Å². The molecule has 0 spiro atoms. The monoisotopic (exact) mass is 142 g/mol. The van der Waals surface area contributed by atoms with E-state index in [1.54, 1.807) is 0 Å². The molecule has 0 aromatic heterocycles. The van der Waals surface area contributed by atoms with Crippen LogP contribution in [0, 0.1) is 11.8 Å². The number of hydrogen-bond donors (Lipinski definition) is 1. The van der Waals surface area contributed by atoms with Gasteiger partial charge in [0.05, 0.1) is 0 Å². The zero-order valence-corrected chi connectivity index (χ0v) is 7.22. The fraction of sp³-hybridized carbons (Fsp3) is 1.00. The maximum Gasteiger partial charge on any atom is 0.00220 e. The molecular weight excluding hydrogens is 124 g/mol. The standard InChI is InChI=1S/C8H18N2/c1-7(4-9-2)8-5-10(3)6-8/h7-9H,4-6H2,1-3H3. The molecular formula is C8H18N2. The van der Waals surface area contributed by atoms with Crippen LogP contribution in [0.4, 0.5) is 0 Å². The topological polar surface area (TPSA) is 15.3 Å². The molecule has 1 saturated heterocycles. The molecule has 1 aliphatic heterocycles. The highest BCUT2D eigenvalue weighted by Crippen LogP contribution is 2.20. The highest BCUT2D eigenvalue weighted by molar-refractivity contribution is 4.81. The first kappa shape index (κ1) is 8.02. The molecule has 0 radical (unpaired) electrons. The van der Waals surface area contributed by atoms with Crippen LogP contribution in [-0.4, -0.2) is 38.6 Å². The van der Waals surface area contributed by atoms with Gasteiger partial charge in [-0.15, -0.1) is 0 Å². The lowest BCUT2D eigenvalue weighted by atomic mass is 9.87. The summed E-state index contributed by atoms with van der Waals surface area (Å²) in [6.07, 6.45) is 0. The van der Waals surface area contributed by atoms with Crippen LogP contribution in [0.2, 0.25) is 0 Å².